The van der Waals surface area contributed by atoms with Crippen molar-refractivity contribution in [2.45, 2.75) is 44.2 Å². The molecule has 3 rings (SSSR count). The Morgan fingerprint density at radius 1 is 1.15 bits per heavy atom. The van der Waals surface area contributed by atoms with Crippen molar-refractivity contribution < 1.29 is 4.74 Å². The topological polar surface area (TPSA) is 66.1 Å². The van der Waals surface area contributed by atoms with Crippen molar-refractivity contribution in [3.8, 4) is 0 Å². The maximum Gasteiger partial charge on any atom is 0.193 e. The highest BCUT2D eigenvalue weighted by Gasteiger charge is 2.39. The number of ether oxygens (including phenoxy) is 1. The summed E-state index contributed by atoms with van der Waals surface area (Å²) < 4.78 is 5.28. The summed E-state index contributed by atoms with van der Waals surface area (Å²) in [6.07, 6.45) is 6.30. The molecule has 1 aromatic rings. The molecule has 0 bridgehead atoms. The van der Waals surface area contributed by atoms with E-state index in [4.69, 9.17) is 15.5 Å². The fraction of sp³-hybridized carbons (Fsp3) is 0.667. The van der Waals surface area contributed by atoms with E-state index in [9.17, 15) is 0 Å². The summed E-state index contributed by atoms with van der Waals surface area (Å²) in [5.41, 5.74) is 8.49. The van der Waals surface area contributed by atoms with Crippen molar-refractivity contribution >= 4 is 11.6 Å². The van der Waals surface area contributed by atoms with Gasteiger partial charge in [0.15, 0.2) is 5.96 Å². The number of nitrogens with one attached hydrogen (secondary N) is 1. The lowest BCUT2D eigenvalue weighted by Crippen LogP contribution is -2.58. The molecule has 0 aromatic heterocycles. The standard InChI is InChI=1S/C21H35N5O/c1-25-14-10-21(11-15-25,26-12-6-3-7-13-26)17-23-20(22)24-19-9-5-4-8-18(19)16-27-2/h4-5,8-9H,3,6-7,10-17H2,1-2H3,(H3,22,23,24). The SMILES string of the molecule is COCc1ccccc1NC(N)=NCC1(N2CCCCC2)CCN(C)CC1. The van der Waals surface area contributed by atoms with Gasteiger partial charge in [-0.25, -0.2) is 0 Å². The number of rotatable bonds is 6. The molecule has 0 unspecified atom stereocenters. The highest BCUT2D eigenvalue weighted by atomic mass is 16.5. The van der Waals surface area contributed by atoms with Crippen molar-refractivity contribution in [1.82, 2.24) is 9.80 Å². The number of hydrogen-bond acceptors (Lipinski definition) is 4. The lowest BCUT2D eigenvalue weighted by Gasteiger charge is -2.49. The number of anilines is 1. The molecule has 6 heteroatoms. The maximum atomic E-state index is 6.27. The highest BCUT2D eigenvalue weighted by Crippen LogP contribution is 2.31. The molecule has 0 spiro atoms. The first kappa shape index (κ1) is 20.1. The molecule has 150 valence electrons. The fourth-order valence-electron chi connectivity index (χ4n) is 4.31. The second-order valence-corrected chi connectivity index (χ2v) is 7.99. The van der Waals surface area contributed by atoms with Crippen LogP contribution in [0.4, 0.5) is 5.69 Å². The zero-order chi connectivity index (χ0) is 19.1. The summed E-state index contributed by atoms with van der Waals surface area (Å²) in [7, 11) is 3.92. The Bertz CT molecular complexity index is 619. The van der Waals surface area contributed by atoms with Crippen LogP contribution >= 0.6 is 0 Å². The molecule has 0 radical (unpaired) electrons. The second-order valence-electron chi connectivity index (χ2n) is 7.99. The first-order valence-electron chi connectivity index (χ1n) is 10.2. The van der Waals surface area contributed by atoms with Crippen molar-refractivity contribution in [2.75, 3.05) is 52.2 Å². The van der Waals surface area contributed by atoms with Gasteiger partial charge in [-0.1, -0.05) is 24.6 Å². The molecule has 2 heterocycles. The Labute approximate surface area is 163 Å². The lowest BCUT2D eigenvalue weighted by molar-refractivity contribution is 0.0209. The first-order chi connectivity index (χ1) is 13.1. The number of hydrogen-bond donors (Lipinski definition) is 2. The minimum absolute atomic E-state index is 0.158. The largest absolute Gasteiger partial charge is 0.380 e. The molecule has 0 amide bonds. The third-order valence-corrected chi connectivity index (χ3v) is 6.07. The quantitative estimate of drug-likeness (QED) is 0.592. The predicted molar refractivity (Wildman–Crippen MR) is 112 cm³/mol. The Hall–Kier alpha value is -1.63. The van der Waals surface area contributed by atoms with E-state index >= 15 is 0 Å². The third-order valence-electron chi connectivity index (χ3n) is 6.07. The van der Waals surface area contributed by atoms with Crippen LogP contribution in [-0.4, -0.2) is 68.2 Å². The van der Waals surface area contributed by atoms with Crippen LogP contribution in [0.2, 0.25) is 0 Å². The van der Waals surface area contributed by atoms with Gasteiger partial charge in [0.25, 0.3) is 0 Å². The molecule has 2 fully saturated rings. The number of piperidine rings is 2. The number of methoxy groups -OCH3 is 1. The van der Waals surface area contributed by atoms with Gasteiger partial charge in [0.2, 0.25) is 0 Å². The van der Waals surface area contributed by atoms with Crippen LogP contribution in [0.25, 0.3) is 0 Å². The molecule has 27 heavy (non-hydrogen) atoms. The molecular formula is C21H35N5O. The van der Waals surface area contributed by atoms with Crippen molar-refractivity contribution in [2.24, 2.45) is 10.7 Å². The zero-order valence-corrected chi connectivity index (χ0v) is 16.9. The summed E-state index contributed by atoms with van der Waals surface area (Å²) in [5, 5.41) is 3.28. The molecule has 2 saturated heterocycles. The number of para-hydroxylation sites is 1. The van der Waals surface area contributed by atoms with Crippen LogP contribution in [-0.2, 0) is 11.3 Å². The molecule has 2 aliphatic heterocycles. The molecule has 0 aliphatic carbocycles. The van der Waals surface area contributed by atoms with Crippen LogP contribution in [0.3, 0.4) is 0 Å². The van der Waals surface area contributed by atoms with E-state index in [1.807, 2.05) is 24.3 Å². The molecule has 6 nitrogen and oxygen atoms in total. The lowest BCUT2D eigenvalue weighted by atomic mass is 9.84. The van der Waals surface area contributed by atoms with Crippen molar-refractivity contribution in [3.05, 3.63) is 29.8 Å². The minimum atomic E-state index is 0.158. The van der Waals surface area contributed by atoms with Gasteiger partial charge in [0.1, 0.15) is 0 Å². The predicted octanol–water partition coefficient (Wildman–Crippen LogP) is 2.51. The molecule has 2 aliphatic rings. The molecule has 1 aromatic carbocycles. The normalized spacial score (nSPS) is 21.9. The number of guanidine groups is 1. The zero-order valence-electron chi connectivity index (χ0n) is 16.9. The van der Waals surface area contributed by atoms with Crippen LogP contribution in [0.5, 0.6) is 0 Å². The number of nitrogens with two attached hydrogens (primary N) is 1. The van der Waals surface area contributed by atoms with Gasteiger partial charge in [0, 0.05) is 23.9 Å². The maximum absolute atomic E-state index is 6.27. The van der Waals surface area contributed by atoms with E-state index in [1.54, 1.807) is 7.11 Å². The molecular weight excluding hydrogens is 338 g/mol. The Kier molecular flexibility index (Phi) is 7.10. The van der Waals surface area contributed by atoms with E-state index in [-0.39, 0.29) is 5.54 Å². The first-order valence-corrected chi connectivity index (χ1v) is 10.2. The van der Waals surface area contributed by atoms with Crippen LogP contribution < -0.4 is 11.1 Å². The second kappa shape index (κ2) is 9.53. The van der Waals surface area contributed by atoms with E-state index in [0.29, 0.717) is 12.6 Å². The van der Waals surface area contributed by atoms with Crippen LogP contribution in [0, 0.1) is 0 Å². The van der Waals surface area contributed by atoms with Gasteiger partial charge in [-0.2, -0.15) is 0 Å². The summed E-state index contributed by atoms with van der Waals surface area (Å²) >= 11 is 0. The minimum Gasteiger partial charge on any atom is -0.380 e. The summed E-state index contributed by atoms with van der Waals surface area (Å²) in [6, 6.07) is 8.08. The number of nitrogens with zero attached hydrogens (tertiary/aromatic N) is 3. The van der Waals surface area contributed by atoms with Gasteiger partial charge in [0.05, 0.1) is 13.2 Å². The van der Waals surface area contributed by atoms with Gasteiger partial charge >= 0.3 is 0 Å². The van der Waals surface area contributed by atoms with E-state index in [1.165, 1.54) is 45.2 Å². The highest BCUT2D eigenvalue weighted by molar-refractivity contribution is 5.93. The average molecular weight is 374 g/mol. The summed E-state index contributed by atoms with van der Waals surface area (Å²) in [5.74, 6) is 0.494. The van der Waals surface area contributed by atoms with Gasteiger partial charge in [-0.05, 0) is 65.0 Å². The Balaban J connectivity index is 1.70. The smallest absolute Gasteiger partial charge is 0.193 e. The fourth-order valence-corrected chi connectivity index (χ4v) is 4.31. The summed E-state index contributed by atoms with van der Waals surface area (Å²) in [4.78, 5) is 9.92. The van der Waals surface area contributed by atoms with Crippen molar-refractivity contribution in [3.63, 3.8) is 0 Å². The van der Waals surface area contributed by atoms with E-state index in [0.717, 1.165) is 30.9 Å². The number of benzene rings is 1. The summed E-state index contributed by atoms with van der Waals surface area (Å²) in [6.45, 7) is 5.99. The Morgan fingerprint density at radius 3 is 2.56 bits per heavy atom. The number of aliphatic imine (C=N–C) groups is 1. The molecule has 3 N–H and O–H groups in total. The number of likely N-dealkylation sites (tertiary alicyclic amines) is 2. The van der Waals surface area contributed by atoms with Crippen LogP contribution in [0.15, 0.2) is 29.3 Å². The van der Waals surface area contributed by atoms with Gasteiger partial charge in [-0.3, -0.25) is 9.89 Å². The molecule has 0 atom stereocenters. The third kappa shape index (κ3) is 5.21. The van der Waals surface area contributed by atoms with E-state index in [2.05, 4.69) is 22.2 Å². The van der Waals surface area contributed by atoms with Crippen LogP contribution in [0.1, 0.15) is 37.7 Å². The van der Waals surface area contributed by atoms with Gasteiger partial charge < -0.3 is 20.7 Å². The average Bonchev–Trinajstić information content (AvgIpc) is 2.70. The Morgan fingerprint density at radius 2 is 1.85 bits per heavy atom. The van der Waals surface area contributed by atoms with E-state index < -0.39 is 0 Å². The molecule has 0 saturated carbocycles. The van der Waals surface area contributed by atoms with Gasteiger partial charge in [-0.15, -0.1) is 0 Å². The monoisotopic (exact) mass is 373 g/mol. The van der Waals surface area contributed by atoms with Crippen molar-refractivity contribution in [1.29, 1.82) is 0 Å².